The minimum absolute atomic E-state index is 0.475. The number of aliphatic hydroxyl groups is 1. The number of halogens is 2. The molecule has 114 valence electrons. The lowest BCUT2D eigenvalue weighted by molar-refractivity contribution is 0.0442. The van der Waals surface area contributed by atoms with Gasteiger partial charge in [-0.25, -0.2) is 0 Å². The lowest BCUT2D eigenvalue weighted by Crippen LogP contribution is -2.22. The lowest BCUT2D eigenvalue weighted by atomic mass is 9.95. The number of hydrogen-bond acceptors (Lipinski definition) is 1. The van der Waals surface area contributed by atoms with E-state index in [0.717, 1.165) is 37.1 Å². The molecule has 0 amide bonds. The molecule has 0 aliphatic carbocycles. The molecule has 0 aliphatic heterocycles. The molecule has 0 bridgehead atoms. The summed E-state index contributed by atoms with van der Waals surface area (Å²) in [7, 11) is 0. The zero-order valence-corrected chi connectivity index (χ0v) is 14.1. The predicted molar refractivity (Wildman–Crippen MR) is 88.8 cm³/mol. The molecule has 1 aromatic rings. The molecule has 3 heteroatoms. The molecule has 1 unspecified atom stereocenters. The summed E-state index contributed by atoms with van der Waals surface area (Å²) in [6.07, 6.45) is 8.67. The van der Waals surface area contributed by atoms with Crippen LogP contribution in [0.5, 0.6) is 0 Å². The number of aryl methyl sites for hydroxylation is 1. The third kappa shape index (κ3) is 6.97. The van der Waals surface area contributed by atoms with Gasteiger partial charge in [0.25, 0.3) is 0 Å². The highest BCUT2D eigenvalue weighted by molar-refractivity contribution is 6.35. The third-order valence-corrected chi connectivity index (χ3v) is 4.53. The molecule has 1 rings (SSSR count). The van der Waals surface area contributed by atoms with Gasteiger partial charge in [-0.05, 0) is 50.3 Å². The summed E-state index contributed by atoms with van der Waals surface area (Å²) in [5, 5.41) is 11.4. The van der Waals surface area contributed by atoms with E-state index in [9.17, 15) is 5.11 Å². The van der Waals surface area contributed by atoms with Crippen LogP contribution in [0.15, 0.2) is 18.2 Å². The summed E-state index contributed by atoms with van der Waals surface area (Å²) in [5.41, 5.74) is 0.710. The Labute approximate surface area is 133 Å². The highest BCUT2D eigenvalue weighted by atomic mass is 35.5. The van der Waals surface area contributed by atoms with Crippen molar-refractivity contribution >= 4 is 23.2 Å². The van der Waals surface area contributed by atoms with Gasteiger partial charge in [-0.3, -0.25) is 0 Å². The molecule has 1 N–H and O–H groups in total. The molecule has 0 radical (unpaired) electrons. The molecule has 0 saturated carbocycles. The maximum atomic E-state index is 9.90. The van der Waals surface area contributed by atoms with Gasteiger partial charge < -0.3 is 5.11 Å². The average molecular weight is 317 g/mol. The Hall–Kier alpha value is -0.240. The van der Waals surface area contributed by atoms with Crippen LogP contribution >= 0.6 is 23.2 Å². The fourth-order valence-electron chi connectivity index (χ4n) is 2.25. The second kappa shape index (κ2) is 8.92. The van der Waals surface area contributed by atoms with Gasteiger partial charge in [0.15, 0.2) is 0 Å². The zero-order valence-electron chi connectivity index (χ0n) is 12.6. The van der Waals surface area contributed by atoms with Crippen molar-refractivity contribution < 1.29 is 5.11 Å². The first-order valence-corrected chi connectivity index (χ1v) is 8.36. The highest BCUT2D eigenvalue weighted by Crippen LogP contribution is 2.23. The Kier molecular flexibility index (Phi) is 7.94. The quantitative estimate of drug-likeness (QED) is 0.551. The van der Waals surface area contributed by atoms with E-state index < -0.39 is 5.60 Å². The molecule has 0 saturated heterocycles. The van der Waals surface area contributed by atoms with Crippen molar-refractivity contribution in [1.29, 1.82) is 0 Å². The Balaban J connectivity index is 2.10. The van der Waals surface area contributed by atoms with Gasteiger partial charge in [-0.2, -0.15) is 0 Å². The summed E-state index contributed by atoms with van der Waals surface area (Å²) in [5.74, 6) is 0. The van der Waals surface area contributed by atoms with Crippen LogP contribution in [0.25, 0.3) is 0 Å². The molecule has 0 aliphatic rings. The van der Waals surface area contributed by atoms with Crippen LogP contribution in [0.3, 0.4) is 0 Å². The summed E-state index contributed by atoms with van der Waals surface area (Å²) in [4.78, 5) is 0. The van der Waals surface area contributed by atoms with Crippen molar-refractivity contribution in [2.45, 2.75) is 70.8 Å². The Morgan fingerprint density at radius 3 is 2.35 bits per heavy atom. The fourth-order valence-corrected chi connectivity index (χ4v) is 2.76. The maximum absolute atomic E-state index is 9.90. The minimum Gasteiger partial charge on any atom is -0.390 e. The lowest BCUT2D eigenvalue weighted by Gasteiger charge is -2.20. The standard InChI is InChI=1S/C17H26Cl2O/c1-3-17(2,20)12-8-6-4-5-7-9-14-10-11-15(18)13-16(14)19/h10-11,13,20H,3-9,12H2,1-2H3. The van der Waals surface area contributed by atoms with Gasteiger partial charge in [0, 0.05) is 10.0 Å². The van der Waals surface area contributed by atoms with Crippen LogP contribution in [0.4, 0.5) is 0 Å². The van der Waals surface area contributed by atoms with Gasteiger partial charge in [0.05, 0.1) is 5.60 Å². The van der Waals surface area contributed by atoms with Crippen LogP contribution in [0.2, 0.25) is 10.0 Å². The van der Waals surface area contributed by atoms with Crippen LogP contribution in [0.1, 0.15) is 64.4 Å². The first kappa shape index (κ1) is 17.8. The first-order chi connectivity index (χ1) is 9.44. The van der Waals surface area contributed by atoms with Gasteiger partial charge in [-0.1, -0.05) is 61.9 Å². The van der Waals surface area contributed by atoms with Gasteiger partial charge in [0.2, 0.25) is 0 Å². The van der Waals surface area contributed by atoms with E-state index in [1.807, 2.05) is 32.0 Å². The van der Waals surface area contributed by atoms with Crippen LogP contribution in [-0.2, 0) is 6.42 Å². The second-order valence-electron chi connectivity index (χ2n) is 5.85. The topological polar surface area (TPSA) is 20.2 Å². The van der Waals surface area contributed by atoms with Crippen molar-refractivity contribution in [3.05, 3.63) is 33.8 Å². The van der Waals surface area contributed by atoms with E-state index in [2.05, 4.69) is 0 Å². The van der Waals surface area contributed by atoms with E-state index >= 15 is 0 Å². The van der Waals surface area contributed by atoms with Crippen molar-refractivity contribution in [2.75, 3.05) is 0 Å². The Bertz CT molecular complexity index is 402. The molecule has 0 aromatic heterocycles. The zero-order chi connectivity index (χ0) is 15.0. The number of benzene rings is 1. The van der Waals surface area contributed by atoms with Crippen molar-refractivity contribution in [2.24, 2.45) is 0 Å². The van der Waals surface area contributed by atoms with E-state index in [1.54, 1.807) is 0 Å². The Morgan fingerprint density at radius 1 is 1.05 bits per heavy atom. The van der Waals surface area contributed by atoms with Crippen molar-refractivity contribution in [3.63, 3.8) is 0 Å². The first-order valence-electron chi connectivity index (χ1n) is 7.61. The number of rotatable bonds is 9. The summed E-state index contributed by atoms with van der Waals surface area (Å²) >= 11 is 12.0. The normalized spacial score (nSPS) is 14.2. The van der Waals surface area contributed by atoms with Crippen molar-refractivity contribution in [1.82, 2.24) is 0 Å². The summed E-state index contributed by atoms with van der Waals surface area (Å²) in [6, 6.07) is 5.73. The molecular weight excluding hydrogens is 291 g/mol. The van der Waals surface area contributed by atoms with E-state index in [4.69, 9.17) is 23.2 Å². The van der Waals surface area contributed by atoms with Crippen LogP contribution < -0.4 is 0 Å². The van der Waals surface area contributed by atoms with Crippen LogP contribution in [-0.4, -0.2) is 10.7 Å². The molecular formula is C17H26Cl2O. The molecule has 1 nitrogen and oxygen atoms in total. The van der Waals surface area contributed by atoms with Gasteiger partial charge >= 0.3 is 0 Å². The smallest absolute Gasteiger partial charge is 0.0617 e. The second-order valence-corrected chi connectivity index (χ2v) is 6.70. The van der Waals surface area contributed by atoms with Crippen LogP contribution in [0, 0.1) is 0 Å². The third-order valence-electron chi connectivity index (χ3n) is 3.94. The average Bonchev–Trinajstić information content (AvgIpc) is 2.40. The van der Waals surface area contributed by atoms with E-state index in [1.165, 1.54) is 24.8 Å². The molecule has 0 heterocycles. The van der Waals surface area contributed by atoms with Gasteiger partial charge in [0.1, 0.15) is 0 Å². The predicted octanol–water partition coefficient (Wildman–Crippen LogP) is 6.04. The maximum Gasteiger partial charge on any atom is 0.0617 e. The monoisotopic (exact) mass is 316 g/mol. The molecule has 0 fully saturated rings. The number of hydrogen-bond donors (Lipinski definition) is 1. The van der Waals surface area contributed by atoms with Crippen molar-refractivity contribution in [3.8, 4) is 0 Å². The highest BCUT2D eigenvalue weighted by Gasteiger charge is 2.15. The molecule has 0 spiro atoms. The SMILES string of the molecule is CCC(C)(O)CCCCCCCc1ccc(Cl)cc1Cl. The van der Waals surface area contributed by atoms with E-state index in [0.29, 0.717) is 5.02 Å². The summed E-state index contributed by atoms with van der Waals surface area (Å²) in [6.45, 7) is 3.96. The van der Waals surface area contributed by atoms with E-state index in [-0.39, 0.29) is 0 Å². The molecule has 1 aromatic carbocycles. The molecule has 1 atom stereocenters. The minimum atomic E-state index is -0.475. The van der Waals surface area contributed by atoms with Gasteiger partial charge in [-0.15, -0.1) is 0 Å². The summed E-state index contributed by atoms with van der Waals surface area (Å²) < 4.78 is 0. The fraction of sp³-hybridized carbons (Fsp3) is 0.647. The Morgan fingerprint density at radius 2 is 1.70 bits per heavy atom. The number of unbranched alkanes of at least 4 members (excludes halogenated alkanes) is 4. The molecule has 20 heavy (non-hydrogen) atoms. The largest absolute Gasteiger partial charge is 0.390 e.